The molecule has 1 unspecified atom stereocenters. The number of halogens is 6. The molecular formula is C11H8BrF5. The van der Waals surface area contributed by atoms with Gasteiger partial charge >= 0.3 is 6.18 Å². The van der Waals surface area contributed by atoms with Crippen molar-refractivity contribution in [3.05, 3.63) is 33.8 Å². The molecule has 94 valence electrons. The van der Waals surface area contributed by atoms with E-state index < -0.39 is 29.5 Å². The Morgan fingerprint density at radius 1 is 1.18 bits per heavy atom. The van der Waals surface area contributed by atoms with Gasteiger partial charge in [-0.05, 0) is 30.7 Å². The molecule has 0 heterocycles. The Morgan fingerprint density at radius 2 is 1.71 bits per heavy atom. The average molecular weight is 315 g/mol. The predicted octanol–water partition coefficient (Wildman–Crippen LogP) is 4.76. The van der Waals surface area contributed by atoms with Crippen LogP contribution in [-0.2, 0) is 11.6 Å². The van der Waals surface area contributed by atoms with Gasteiger partial charge in [-0.3, -0.25) is 0 Å². The van der Waals surface area contributed by atoms with E-state index in [1.807, 2.05) is 0 Å². The van der Waals surface area contributed by atoms with Crippen LogP contribution in [0.3, 0.4) is 0 Å². The van der Waals surface area contributed by atoms with Crippen molar-refractivity contribution in [1.29, 1.82) is 0 Å². The van der Waals surface area contributed by atoms with Gasteiger partial charge < -0.3 is 0 Å². The first-order valence-electron chi connectivity index (χ1n) is 4.82. The highest BCUT2D eigenvalue weighted by molar-refractivity contribution is 9.10. The van der Waals surface area contributed by atoms with E-state index in [1.165, 1.54) is 13.0 Å². The molecule has 17 heavy (non-hydrogen) atoms. The number of benzene rings is 1. The molecule has 1 aliphatic rings. The molecule has 1 aromatic carbocycles. The minimum Gasteiger partial charge on any atom is -0.206 e. The highest BCUT2D eigenvalue weighted by Crippen LogP contribution is 2.61. The highest BCUT2D eigenvalue weighted by atomic mass is 79.9. The SMILES string of the molecule is CC1(c2cc(Br)cc(C(F)(F)F)c2)CC1(F)F. The molecule has 1 aliphatic carbocycles. The van der Waals surface area contributed by atoms with Gasteiger partial charge in [0.05, 0.1) is 11.0 Å². The molecule has 2 rings (SSSR count). The second-order valence-corrected chi connectivity index (χ2v) is 5.36. The summed E-state index contributed by atoms with van der Waals surface area (Å²) in [6.45, 7) is 1.27. The van der Waals surface area contributed by atoms with Gasteiger partial charge in [0.15, 0.2) is 0 Å². The second kappa shape index (κ2) is 3.43. The molecule has 0 nitrogen and oxygen atoms in total. The molecule has 1 saturated carbocycles. The third-order valence-electron chi connectivity index (χ3n) is 3.12. The molecule has 0 bridgehead atoms. The van der Waals surface area contributed by atoms with Crippen molar-refractivity contribution < 1.29 is 22.0 Å². The van der Waals surface area contributed by atoms with Crippen LogP contribution >= 0.6 is 15.9 Å². The lowest BCUT2D eigenvalue weighted by atomic mass is 9.95. The molecular weight excluding hydrogens is 307 g/mol. The zero-order chi connectivity index (χ0) is 13.1. The molecule has 0 spiro atoms. The minimum atomic E-state index is -4.53. The van der Waals surface area contributed by atoms with E-state index in [2.05, 4.69) is 15.9 Å². The van der Waals surface area contributed by atoms with E-state index in [-0.39, 0.29) is 10.0 Å². The summed E-state index contributed by atoms with van der Waals surface area (Å²) in [5.74, 6) is -2.92. The van der Waals surface area contributed by atoms with Crippen molar-refractivity contribution >= 4 is 15.9 Å². The maximum absolute atomic E-state index is 13.1. The Morgan fingerprint density at radius 3 is 2.12 bits per heavy atom. The first-order valence-corrected chi connectivity index (χ1v) is 5.62. The summed E-state index contributed by atoms with van der Waals surface area (Å²) in [5, 5.41) is 0. The van der Waals surface area contributed by atoms with Crippen LogP contribution in [0.1, 0.15) is 24.5 Å². The summed E-state index contributed by atoms with van der Waals surface area (Å²) < 4.78 is 64.0. The number of hydrogen-bond acceptors (Lipinski definition) is 0. The minimum absolute atomic E-state index is 0.0178. The van der Waals surface area contributed by atoms with Gasteiger partial charge in [0.2, 0.25) is 0 Å². The van der Waals surface area contributed by atoms with Gasteiger partial charge in [0.25, 0.3) is 5.92 Å². The van der Waals surface area contributed by atoms with E-state index in [4.69, 9.17) is 0 Å². The first-order chi connectivity index (χ1) is 7.56. The van der Waals surface area contributed by atoms with Crippen LogP contribution in [0, 0.1) is 0 Å². The van der Waals surface area contributed by atoms with Crippen molar-refractivity contribution in [3.63, 3.8) is 0 Å². The number of hydrogen-bond donors (Lipinski definition) is 0. The molecule has 0 N–H and O–H groups in total. The van der Waals surface area contributed by atoms with Crippen LogP contribution in [0.4, 0.5) is 22.0 Å². The van der Waals surface area contributed by atoms with Crippen molar-refractivity contribution in [1.82, 2.24) is 0 Å². The van der Waals surface area contributed by atoms with E-state index in [1.54, 1.807) is 0 Å². The monoisotopic (exact) mass is 314 g/mol. The van der Waals surface area contributed by atoms with Crippen LogP contribution in [0.15, 0.2) is 22.7 Å². The van der Waals surface area contributed by atoms with E-state index in [9.17, 15) is 22.0 Å². The topological polar surface area (TPSA) is 0 Å². The fourth-order valence-electron chi connectivity index (χ4n) is 1.78. The molecule has 0 amide bonds. The Labute approximate surface area is 103 Å². The first kappa shape index (κ1) is 12.8. The lowest BCUT2D eigenvalue weighted by Gasteiger charge is -2.14. The van der Waals surface area contributed by atoms with Gasteiger partial charge in [-0.15, -0.1) is 0 Å². The summed E-state index contributed by atoms with van der Waals surface area (Å²) in [6.07, 6.45) is -4.94. The van der Waals surface area contributed by atoms with Crippen LogP contribution in [0.5, 0.6) is 0 Å². The Balaban J connectivity index is 2.48. The Bertz CT molecular complexity index is 465. The van der Waals surface area contributed by atoms with E-state index in [0.29, 0.717) is 0 Å². The summed E-state index contributed by atoms with van der Waals surface area (Å²) in [7, 11) is 0. The maximum atomic E-state index is 13.1. The lowest BCUT2D eigenvalue weighted by Crippen LogP contribution is -2.14. The predicted molar refractivity (Wildman–Crippen MR) is 56.1 cm³/mol. The molecule has 0 aliphatic heterocycles. The van der Waals surface area contributed by atoms with Gasteiger partial charge in [-0.25, -0.2) is 8.78 Å². The number of rotatable bonds is 1. The van der Waals surface area contributed by atoms with Crippen LogP contribution in [-0.4, -0.2) is 5.92 Å². The van der Waals surface area contributed by atoms with Crippen LogP contribution < -0.4 is 0 Å². The third-order valence-corrected chi connectivity index (χ3v) is 3.58. The quantitative estimate of drug-likeness (QED) is 0.655. The van der Waals surface area contributed by atoms with Crippen molar-refractivity contribution in [2.24, 2.45) is 0 Å². The summed E-state index contributed by atoms with van der Waals surface area (Å²) in [4.78, 5) is 0. The van der Waals surface area contributed by atoms with Crippen molar-refractivity contribution in [2.45, 2.75) is 30.9 Å². The van der Waals surface area contributed by atoms with Gasteiger partial charge in [-0.2, -0.15) is 13.2 Å². The van der Waals surface area contributed by atoms with Crippen molar-refractivity contribution in [3.8, 4) is 0 Å². The Hall–Kier alpha value is -0.650. The number of alkyl halides is 5. The summed E-state index contributed by atoms with van der Waals surface area (Å²) >= 11 is 2.92. The standard InChI is InChI=1S/C11H8BrF5/c1-9(5-10(9,13)14)6-2-7(11(15,16)17)4-8(12)3-6/h2-4H,5H2,1H3. The van der Waals surface area contributed by atoms with Crippen LogP contribution in [0.25, 0.3) is 0 Å². The van der Waals surface area contributed by atoms with Gasteiger partial charge in [-0.1, -0.05) is 15.9 Å². The van der Waals surface area contributed by atoms with Gasteiger partial charge in [0.1, 0.15) is 0 Å². The molecule has 1 atom stereocenters. The fourth-order valence-corrected chi connectivity index (χ4v) is 2.28. The molecule has 0 saturated heterocycles. The molecule has 1 fully saturated rings. The van der Waals surface area contributed by atoms with Crippen molar-refractivity contribution in [2.75, 3.05) is 0 Å². The lowest BCUT2D eigenvalue weighted by molar-refractivity contribution is -0.137. The molecule has 6 heteroatoms. The van der Waals surface area contributed by atoms with Gasteiger partial charge in [0, 0.05) is 10.9 Å². The smallest absolute Gasteiger partial charge is 0.206 e. The average Bonchev–Trinajstić information content (AvgIpc) is 2.65. The normalized spacial score (nSPS) is 27.0. The van der Waals surface area contributed by atoms with E-state index >= 15 is 0 Å². The zero-order valence-corrected chi connectivity index (χ0v) is 10.3. The fraction of sp³-hybridized carbons (Fsp3) is 0.455. The molecule has 0 aromatic heterocycles. The molecule has 1 aromatic rings. The van der Waals surface area contributed by atoms with Crippen LogP contribution in [0.2, 0.25) is 0 Å². The summed E-state index contributed by atoms with van der Waals surface area (Å²) in [5.41, 5.74) is -2.37. The van der Waals surface area contributed by atoms with E-state index in [0.717, 1.165) is 12.1 Å². The highest BCUT2D eigenvalue weighted by Gasteiger charge is 2.68. The largest absolute Gasteiger partial charge is 0.416 e. The maximum Gasteiger partial charge on any atom is 0.416 e. The summed E-state index contributed by atoms with van der Waals surface area (Å²) in [6, 6.07) is 3.00. The molecule has 0 radical (unpaired) electrons. The Kier molecular flexibility index (Phi) is 2.58. The zero-order valence-electron chi connectivity index (χ0n) is 8.71. The second-order valence-electron chi connectivity index (χ2n) is 4.44. The third kappa shape index (κ3) is 2.07.